The zero-order valence-corrected chi connectivity index (χ0v) is 37.6. The van der Waals surface area contributed by atoms with Crippen molar-refractivity contribution in [2.45, 2.75) is 201 Å². The standard InChI is InChI=1S/2C10H20.2C9H18.C8H16.5H2O/c1-7-5-8(2)10(4)9(3)6-7;1-7-5-6-8(2)10(4)9(7)3;2*1-7-4-5-8(2)9(3)6-7;1-7-3-5-8(2)6-4-7;;;;;/h2*7-10H,5-6H2,1-4H3;2*7-9H,4-6H2,1-3H3;7-8H,3-6H2,1-2H3;5*1H2. The lowest BCUT2D eigenvalue weighted by molar-refractivity contribution is 0.137. The van der Waals surface area contributed by atoms with Crippen molar-refractivity contribution >= 4 is 0 Å². The molecule has 0 aromatic rings. The summed E-state index contributed by atoms with van der Waals surface area (Å²) in [5.41, 5.74) is 0. The Hall–Kier alpha value is -0.200. The highest BCUT2D eigenvalue weighted by Crippen LogP contribution is 2.38. The maximum absolute atomic E-state index is 2.41. The molecular formula is C46H102O5. The van der Waals surface area contributed by atoms with Crippen LogP contribution in [0.15, 0.2) is 0 Å². The van der Waals surface area contributed by atoms with Crippen LogP contribution in [0.2, 0.25) is 0 Å². The van der Waals surface area contributed by atoms with E-state index >= 15 is 0 Å². The van der Waals surface area contributed by atoms with Gasteiger partial charge in [-0.1, -0.05) is 175 Å². The Morgan fingerprint density at radius 2 is 0.431 bits per heavy atom. The largest absolute Gasteiger partial charge is 0.412 e. The molecule has 5 rings (SSSR count). The molecule has 5 aliphatic carbocycles. The second kappa shape index (κ2) is 31.1. The first kappa shape index (κ1) is 60.1. The molecule has 12 atom stereocenters. The minimum Gasteiger partial charge on any atom is -0.412 e. The van der Waals surface area contributed by atoms with Crippen LogP contribution in [-0.4, -0.2) is 27.4 Å². The summed E-state index contributed by atoms with van der Waals surface area (Å²) < 4.78 is 0. The molecule has 0 aromatic heterocycles. The van der Waals surface area contributed by atoms with E-state index in [1.54, 1.807) is 0 Å². The Balaban J connectivity index is -0.000000169. The highest BCUT2D eigenvalue weighted by atomic mass is 16.0. The highest BCUT2D eigenvalue weighted by molar-refractivity contribution is 4.79. The summed E-state index contributed by atoms with van der Waals surface area (Å²) in [4.78, 5) is 0. The number of hydrogen-bond donors (Lipinski definition) is 0. The summed E-state index contributed by atoms with van der Waals surface area (Å²) in [6, 6.07) is 0. The molecule has 5 heteroatoms. The fourth-order valence-electron chi connectivity index (χ4n) is 9.50. The van der Waals surface area contributed by atoms with Crippen LogP contribution in [0.5, 0.6) is 0 Å². The predicted octanol–water partition coefficient (Wildman–Crippen LogP) is 11.5. The SMILES string of the molecule is CC1CC(C)C(C)C(C)C1.CC1CCC(C)C(C)C1.CC1CCC(C)C(C)C1.CC1CCC(C)C(C)C1C.CC1CCC(C)CC1.O.O.O.O.O. The van der Waals surface area contributed by atoms with Gasteiger partial charge in [-0.2, -0.15) is 0 Å². The molecule has 5 fully saturated rings. The highest BCUT2D eigenvalue weighted by Gasteiger charge is 2.29. The molecule has 5 aliphatic rings. The average Bonchev–Trinajstić information content (AvgIpc) is 3.00. The van der Waals surface area contributed by atoms with Crippen molar-refractivity contribution in [2.24, 2.45) is 94.7 Å². The fraction of sp³-hybridized carbons (Fsp3) is 1.00. The molecule has 0 aromatic carbocycles. The van der Waals surface area contributed by atoms with Crippen molar-refractivity contribution < 1.29 is 27.4 Å². The Morgan fingerprint density at radius 3 is 0.686 bits per heavy atom. The summed E-state index contributed by atoms with van der Waals surface area (Å²) in [6.45, 7) is 38.2. The fourth-order valence-corrected chi connectivity index (χ4v) is 9.50. The van der Waals surface area contributed by atoms with Crippen LogP contribution in [0, 0.1) is 94.7 Å². The minimum absolute atomic E-state index is 0. The number of rotatable bonds is 0. The van der Waals surface area contributed by atoms with Crippen molar-refractivity contribution in [1.29, 1.82) is 0 Å². The van der Waals surface area contributed by atoms with E-state index in [-0.39, 0.29) is 27.4 Å². The number of hydrogen-bond acceptors (Lipinski definition) is 0. The van der Waals surface area contributed by atoms with Gasteiger partial charge in [0.25, 0.3) is 0 Å². The maximum atomic E-state index is 2.41. The van der Waals surface area contributed by atoms with E-state index in [0.717, 1.165) is 94.7 Å². The van der Waals surface area contributed by atoms with Gasteiger partial charge in [-0.3, -0.25) is 0 Å². The first-order chi connectivity index (χ1) is 21.4. The van der Waals surface area contributed by atoms with Crippen LogP contribution in [0.25, 0.3) is 0 Å². The van der Waals surface area contributed by atoms with E-state index in [4.69, 9.17) is 0 Å². The van der Waals surface area contributed by atoms with Crippen LogP contribution in [0.3, 0.4) is 0 Å². The second-order valence-corrected chi connectivity index (χ2v) is 19.8. The first-order valence-electron chi connectivity index (χ1n) is 21.4. The van der Waals surface area contributed by atoms with E-state index in [1.165, 1.54) is 89.9 Å². The summed E-state index contributed by atoms with van der Waals surface area (Å²) >= 11 is 0. The van der Waals surface area contributed by atoms with Crippen molar-refractivity contribution in [1.82, 2.24) is 0 Å². The molecule has 0 saturated heterocycles. The van der Waals surface area contributed by atoms with Gasteiger partial charge in [0.1, 0.15) is 0 Å². The smallest absolute Gasteiger partial charge is 0.0389 e. The molecule has 0 heterocycles. The zero-order chi connectivity index (χ0) is 35.1. The monoisotopic (exact) mass is 735 g/mol. The molecular weight excluding hydrogens is 633 g/mol. The van der Waals surface area contributed by atoms with Gasteiger partial charge in [0.15, 0.2) is 0 Å². The average molecular weight is 735 g/mol. The lowest BCUT2D eigenvalue weighted by atomic mass is 9.69. The van der Waals surface area contributed by atoms with Gasteiger partial charge >= 0.3 is 0 Å². The molecule has 316 valence electrons. The van der Waals surface area contributed by atoms with Crippen molar-refractivity contribution in [3.8, 4) is 0 Å². The molecule has 0 bridgehead atoms. The minimum atomic E-state index is 0. The van der Waals surface area contributed by atoms with Crippen LogP contribution in [0.4, 0.5) is 0 Å². The summed E-state index contributed by atoms with van der Waals surface area (Å²) in [5.74, 6) is 15.6. The second-order valence-electron chi connectivity index (χ2n) is 19.8. The zero-order valence-electron chi connectivity index (χ0n) is 37.6. The molecule has 0 radical (unpaired) electrons. The quantitative estimate of drug-likeness (QED) is 0.232. The topological polar surface area (TPSA) is 158 Å². The van der Waals surface area contributed by atoms with E-state index in [1.807, 2.05) is 0 Å². The van der Waals surface area contributed by atoms with Crippen LogP contribution in [0.1, 0.15) is 201 Å². The Bertz CT molecular complexity index is 694. The van der Waals surface area contributed by atoms with Crippen LogP contribution < -0.4 is 0 Å². The molecule has 0 spiro atoms. The normalized spacial score (nSPS) is 41.4. The Kier molecular flexibility index (Phi) is 36.6. The van der Waals surface area contributed by atoms with Gasteiger partial charge in [0.2, 0.25) is 0 Å². The van der Waals surface area contributed by atoms with Gasteiger partial charge in [-0.15, -0.1) is 0 Å². The third-order valence-electron chi connectivity index (χ3n) is 15.1. The van der Waals surface area contributed by atoms with E-state index in [2.05, 4.69) is 111 Å². The molecule has 51 heavy (non-hydrogen) atoms. The molecule has 10 N–H and O–H groups in total. The first-order valence-corrected chi connectivity index (χ1v) is 21.4. The van der Waals surface area contributed by atoms with Gasteiger partial charge in [-0.25, -0.2) is 0 Å². The summed E-state index contributed by atoms with van der Waals surface area (Å²) in [7, 11) is 0. The molecule has 5 saturated carbocycles. The lowest BCUT2D eigenvalue weighted by Crippen LogP contribution is -2.27. The molecule has 12 unspecified atom stereocenters. The van der Waals surface area contributed by atoms with E-state index in [0.29, 0.717) is 0 Å². The Labute approximate surface area is 322 Å². The molecule has 0 aliphatic heterocycles. The maximum Gasteiger partial charge on any atom is -0.0389 e. The lowest BCUT2D eigenvalue weighted by Gasteiger charge is -2.36. The van der Waals surface area contributed by atoms with Crippen molar-refractivity contribution in [3.63, 3.8) is 0 Å². The third-order valence-corrected chi connectivity index (χ3v) is 15.1. The van der Waals surface area contributed by atoms with Crippen molar-refractivity contribution in [3.05, 3.63) is 0 Å². The predicted molar refractivity (Wildman–Crippen MR) is 229 cm³/mol. The molecule has 0 amide bonds. The third kappa shape index (κ3) is 24.0. The van der Waals surface area contributed by atoms with Gasteiger partial charge in [0, 0.05) is 0 Å². The van der Waals surface area contributed by atoms with Gasteiger partial charge in [-0.05, 0) is 120 Å². The van der Waals surface area contributed by atoms with Crippen LogP contribution in [-0.2, 0) is 0 Å². The van der Waals surface area contributed by atoms with E-state index in [9.17, 15) is 0 Å². The summed E-state index contributed by atoms with van der Waals surface area (Å²) in [6.07, 6.45) is 20.5. The Morgan fingerprint density at radius 1 is 0.196 bits per heavy atom. The van der Waals surface area contributed by atoms with Crippen LogP contribution >= 0.6 is 0 Å². The molecule has 5 nitrogen and oxygen atoms in total. The van der Waals surface area contributed by atoms with Gasteiger partial charge in [0.05, 0.1) is 0 Å². The van der Waals surface area contributed by atoms with Crippen molar-refractivity contribution in [2.75, 3.05) is 0 Å². The van der Waals surface area contributed by atoms with Gasteiger partial charge < -0.3 is 27.4 Å². The van der Waals surface area contributed by atoms with E-state index < -0.39 is 0 Å². The summed E-state index contributed by atoms with van der Waals surface area (Å²) in [5, 5.41) is 0.